The second kappa shape index (κ2) is 6.35. The topological polar surface area (TPSA) is 42.4 Å². The first kappa shape index (κ1) is 13.6. The minimum Gasteiger partial charge on any atom is -0.378 e. The molecule has 0 aliphatic carbocycles. The molecule has 0 aromatic carbocycles. The van der Waals surface area contributed by atoms with Gasteiger partial charge in [0.25, 0.3) is 0 Å². The van der Waals surface area contributed by atoms with Crippen LogP contribution in [0.15, 0.2) is 24.5 Å². The predicted octanol–water partition coefficient (Wildman–Crippen LogP) is 2.70. The van der Waals surface area contributed by atoms with Crippen molar-refractivity contribution in [3.63, 3.8) is 0 Å². The van der Waals surface area contributed by atoms with Crippen molar-refractivity contribution in [3.8, 4) is 0 Å². The van der Waals surface area contributed by atoms with Crippen molar-refractivity contribution < 1.29 is 9.53 Å². The molecule has 0 N–H and O–H groups in total. The van der Waals surface area contributed by atoms with Crippen molar-refractivity contribution in [2.45, 2.75) is 50.7 Å². The Labute approximate surface area is 120 Å². The monoisotopic (exact) mass is 274 g/mol. The van der Waals surface area contributed by atoms with Crippen LogP contribution in [0.4, 0.5) is 0 Å². The number of nitrogens with zero attached hydrogens (tertiary/aromatic N) is 2. The standard InChI is InChI=1S/C16H22N2O2/c19-16(8-7-14-5-3-11-20-14)18-10-2-6-15(18)13-4-1-9-17-12-13/h1,4,9,12,14-15H,2-3,5-8,10-11H2. The SMILES string of the molecule is O=C(CCC1CCCO1)N1CCCC1c1cccnc1. The van der Waals surface area contributed by atoms with Crippen LogP contribution in [0.3, 0.4) is 0 Å². The van der Waals surface area contributed by atoms with Gasteiger partial charge in [0.15, 0.2) is 0 Å². The summed E-state index contributed by atoms with van der Waals surface area (Å²) >= 11 is 0. The van der Waals surface area contributed by atoms with Gasteiger partial charge in [-0.15, -0.1) is 0 Å². The number of hydrogen-bond acceptors (Lipinski definition) is 3. The van der Waals surface area contributed by atoms with E-state index in [1.54, 1.807) is 6.20 Å². The molecule has 2 saturated heterocycles. The van der Waals surface area contributed by atoms with Crippen LogP contribution in [-0.4, -0.2) is 35.0 Å². The van der Waals surface area contributed by atoms with Gasteiger partial charge < -0.3 is 9.64 Å². The summed E-state index contributed by atoms with van der Waals surface area (Å²) in [4.78, 5) is 18.6. The molecule has 3 heterocycles. The molecule has 1 amide bonds. The molecule has 0 saturated carbocycles. The van der Waals surface area contributed by atoms with Crippen LogP contribution in [0.25, 0.3) is 0 Å². The lowest BCUT2D eigenvalue weighted by Gasteiger charge is -2.25. The highest BCUT2D eigenvalue weighted by molar-refractivity contribution is 5.77. The van der Waals surface area contributed by atoms with Gasteiger partial charge in [-0.05, 0) is 43.7 Å². The van der Waals surface area contributed by atoms with Crippen LogP contribution in [0.2, 0.25) is 0 Å². The number of amides is 1. The van der Waals surface area contributed by atoms with Crippen LogP contribution < -0.4 is 0 Å². The van der Waals surface area contributed by atoms with Gasteiger partial charge in [-0.3, -0.25) is 9.78 Å². The molecule has 0 spiro atoms. The number of carbonyl (C=O) groups excluding carboxylic acids is 1. The highest BCUT2D eigenvalue weighted by Crippen LogP contribution is 2.32. The highest BCUT2D eigenvalue weighted by Gasteiger charge is 2.30. The van der Waals surface area contributed by atoms with Gasteiger partial charge in [0.2, 0.25) is 5.91 Å². The zero-order chi connectivity index (χ0) is 13.8. The van der Waals surface area contributed by atoms with Gasteiger partial charge in [0, 0.05) is 32.0 Å². The molecule has 4 heteroatoms. The maximum absolute atomic E-state index is 12.4. The first-order valence-electron chi connectivity index (χ1n) is 7.65. The Morgan fingerprint density at radius 1 is 1.40 bits per heavy atom. The molecule has 2 aliphatic heterocycles. The molecular formula is C16H22N2O2. The third-order valence-electron chi connectivity index (χ3n) is 4.35. The number of carbonyl (C=O) groups is 1. The van der Waals surface area contributed by atoms with Crippen molar-refractivity contribution in [3.05, 3.63) is 30.1 Å². The Hall–Kier alpha value is -1.42. The fourth-order valence-corrected chi connectivity index (χ4v) is 3.28. The van der Waals surface area contributed by atoms with Crippen molar-refractivity contribution in [2.75, 3.05) is 13.2 Å². The molecule has 0 bridgehead atoms. The second-order valence-electron chi connectivity index (χ2n) is 5.71. The smallest absolute Gasteiger partial charge is 0.223 e. The van der Waals surface area contributed by atoms with E-state index < -0.39 is 0 Å². The summed E-state index contributed by atoms with van der Waals surface area (Å²) in [5, 5.41) is 0. The van der Waals surface area contributed by atoms with Gasteiger partial charge in [-0.1, -0.05) is 6.07 Å². The lowest BCUT2D eigenvalue weighted by molar-refractivity contribution is -0.132. The van der Waals surface area contributed by atoms with E-state index in [4.69, 9.17) is 4.74 Å². The summed E-state index contributed by atoms with van der Waals surface area (Å²) < 4.78 is 5.60. The number of ether oxygens (including phenoxy) is 1. The van der Waals surface area contributed by atoms with E-state index in [-0.39, 0.29) is 11.9 Å². The summed E-state index contributed by atoms with van der Waals surface area (Å²) in [6.07, 6.45) is 9.84. The van der Waals surface area contributed by atoms with E-state index in [1.165, 1.54) is 0 Å². The van der Waals surface area contributed by atoms with Crippen molar-refractivity contribution in [2.24, 2.45) is 0 Å². The Kier molecular flexibility index (Phi) is 4.31. The number of rotatable bonds is 4. The number of pyridine rings is 1. The maximum Gasteiger partial charge on any atom is 0.223 e. The summed E-state index contributed by atoms with van der Waals surface area (Å²) in [6, 6.07) is 4.24. The molecule has 4 nitrogen and oxygen atoms in total. The third-order valence-corrected chi connectivity index (χ3v) is 4.35. The van der Waals surface area contributed by atoms with Crippen molar-refractivity contribution in [1.29, 1.82) is 0 Å². The fourth-order valence-electron chi connectivity index (χ4n) is 3.28. The number of aromatic nitrogens is 1. The van der Waals surface area contributed by atoms with Crippen LogP contribution in [0.1, 0.15) is 50.1 Å². The minimum absolute atomic E-state index is 0.223. The molecule has 2 unspecified atom stereocenters. The molecule has 20 heavy (non-hydrogen) atoms. The first-order valence-corrected chi connectivity index (χ1v) is 7.65. The highest BCUT2D eigenvalue weighted by atomic mass is 16.5. The van der Waals surface area contributed by atoms with E-state index in [0.717, 1.165) is 50.8 Å². The van der Waals surface area contributed by atoms with Gasteiger partial charge in [-0.2, -0.15) is 0 Å². The summed E-state index contributed by atoms with van der Waals surface area (Å²) in [5.41, 5.74) is 1.16. The predicted molar refractivity (Wildman–Crippen MR) is 76.1 cm³/mol. The lowest BCUT2D eigenvalue weighted by Crippen LogP contribution is -2.31. The van der Waals surface area contributed by atoms with Gasteiger partial charge in [-0.25, -0.2) is 0 Å². The maximum atomic E-state index is 12.4. The molecule has 3 rings (SSSR count). The fraction of sp³-hybridized carbons (Fsp3) is 0.625. The second-order valence-corrected chi connectivity index (χ2v) is 5.71. The van der Waals surface area contributed by atoms with Crippen LogP contribution in [-0.2, 0) is 9.53 Å². The average Bonchev–Trinajstić information content (AvgIpc) is 3.17. The van der Waals surface area contributed by atoms with Crippen molar-refractivity contribution >= 4 is 5.91 Å². The first-order chi connectivity index (χ1) is 9.84. The largest absolute Gasteiger partial charge is 0.378 e. The van der Waals surface area contributed by atoms with Crippen LogP contribution in [0.5, 0.6) is 0 Å². The van der Waals surface area contributed by atoms with Gasteiger partial charge in [0.05, 0.1) is 12.1 Å². The third kappa shape index (κ3) is 3.01. The van der Waals surface area contributed by atoms with Gasteiger partial charge in [0.1, 0.15) is 0 Å². The Morgan fingerprint density at radius 3 is 3.10 bits per heavy atom. The zero-order valence-corrected chi connectivity index (χ0v) is 11.8. The quantitative estimate of drug-likeness (QED) is 0.847. The van der Waals surface area contributed by atoms with E-state index in [0.29, 0.717) is 12.5 Å². The molecule has 108 valence electrons. The summed E-state index contributed by atoms with van der Waals surface area (Å²) in [7, 11) is 0. The number of hydrogen-bond donors (Lipinski definition) is 0. The minimum atomic E-state index is 0.223. The molecule has 2 aliphatic rings. The molecule has 1 aromatic heterocycles. The summed E-state index contributed by atoms with van der Waals surface area (Å²) in [6.45, 7) is 1.74. The molecule has 1 aromatic rings. The van der Waals surface area contributed by atoms with Crippen LogP contribution in [0, 0.1) is 0 Å². The average molecular weight is 274 g/mol. The van der Waals surface area contributed by atoms with E-state index in [1.807, 2.05) is 17.2 Å². The van der Waals surface area contributed by atoms with E-state index in [9.17, 15) is 4.79 Å². The van der Waals surface area contributed by atoms with E-state index in [2.05, 4.69) is 11.1 Å². The Balaban J connectivity index is 1.58. The van der Waals surface area contributed by atoms with E-state index >= 15 is 0 Å². The zero-order valence-electron chi connectivity index (χ0n) is 11.8. The Bertz CT molecular complexity index is 443. The normalized spacial score (nSPS) is 26.1. The van der Waals surface area contributed by atoms with Gasteiger partial charge >= 0.3 is 0 Å². The van der Waals surface area contributed by atoms with Crippen molar-refractivity contribution in [1.82, 2.24) is 9.88 Å². The molecule has 0 radical (unpaired) electrons. The summed E-state index contributed by atoms with van der Waals surface area (Å²) in [5.74, 6) is 0.270. The van der Waals surface area contributed by atoms with Crippen LogP contribution >= 0.6 is 0 Å². The number of likely N-dealkylation sites (tertiary alicyclic amines) is 1. The Morgan fingerprint density at radius 2 is 2.35 bits per heavy atom. The molecule has 2 atom stereocenters. The molecular weight excluding hydrogens is 252 g/mol. The lowest BCUT2D eigenvalue weighted by atomic mass is 10.1. The molecule has 2 fully saturated rings.